The van der Waals surface area contributed by atoms with Crippen LogP contribution in [-0.2, 0) is 0 Å². The molecule has 2 N–H and O–H groups in total. The van der Waals surface area contributed by atoms with Gasteiger partial charge in [-0.3, -0.25) is 4.79 Å². The highest BCUT2D eigenvalue weighted by Crippen LogP contribution is 2.18. The maximum Gasteiger partial charge on any atom is 0.274 e. The zero-order valence-electron chi connectivity index (χ0n) is 13.8. The topological polar surface area (TPSA) is 90.7 Å². The summed E-state index contributed by atoms with van der Waals surface area (Å²) in [7, 11) is 0. The maximum absolute atomic E-state index is 13.0. The Labute approximate surface area is 149 Å². The number of aromatic nitrogens is 2. The number of nitrogens with zero attached hydrogens (tertiary/aromatic N) is 3. The summed E-state index contributed by atoms with van der Waals surface area (Å²) in [4.78, 5) is 20.8. The van der Waals surface area contributed by atoms with Gasteiger partial charge >= 0.3 is 0 Å². The van der Waals surface area contributed by atoms with Crippen molar-refractivity contribution in [2.45, 2.75) is 6.92 Å². The molecule has 1 heterocycles. The average molecular weight is 347 g/mol. The lowest BCUT2D eigenvalue weighted by atomic mass is 10.2. The third-order valence-corrected chi connectivity index (χ3v) is 3.48. The molecule has 1 amide bonds. The van der Waals surface area contributed by atoms with Gasteiger partial charge in [0.1, 0.15) is 17.6 Å². The molecule has 0 unspecified atom stereocenters. The summed E-state index contributed by atoms with van der Waals surface area (Å²) in [6, 6.07) is 16.0. The number of rotatable bonds is 4. The van der Waals surface area contributed by atoms with E-state index in [1.165, 1.54) is 24.3 Å². The largest absolute Gasteiger partial charge is 0.323 e. The molecule has 1 aromatic heterocycles. The van der Waals surface area contributed by atoms with Crippen molar-refractivity contribution >= 4 is 23.2 Å². The molecule has 0 aliphatic heterocycles. The molecule has 0 aliphatic rings. The molecular weight excluding hydrogens is 333 g/mol. The summed E-state index contributed by atoms with van der Waals surface area (Å²) < 4.78 is 13.0. The summed E-state index contributed by atoms with van der Waals surface area (Å²) in [5.74, 6) is -0.626. The first-order valence-corrected chi connectivity index (χ1v) is 7.74. The van der Waals surface area contributed by atoms with Crippen LogP contribution in [0.25, 0.3) is 0 Å². The molecule has 0 aliphatic carbocycles. The maximum atomic E-state index is 13.0. The highest BCUT2D eigenvalue weighted by molar-refractivity contribution is 6.03. The fraction of sp³-hybridized carbons (Fsp3) is 0.0526. The van der Waals surface area contributed by atoms with Crippen molar-refractivity contribution in [3.05, 3.63) is 77.4 Å². The van der Waals surface area contributed by atoms with Crippen LogP contribution in [0.5, 0.6) is 0 Å². The first-order chi connectivity index (χ1) is 12.5. The zero-order chi connectivity index (χ0) is 18.5. The summed E-state index contributed by atoms with van der Waals surface area (Å²) in [5.41, 5.74) is 2.18. The highest BCUT2D eigenvalue weighted by atomic mass is 19.1. The lowest BCUT2D eigenvalue weighted by Gasteiger charge is -2.10. The van der Waals surface area contributed by atoms with E-state index in [0.29, 0.717) is 22.6 Å². The third-order valence-electron chi connectivity index (χ3n) is 3.48. The van der Waals surface area contributed by atoms with Gasteiger partial charge in [-0.15, -0.1) is 0 Å². The molecule has 26 heavy (non-hydrogen) atoms. The van der Waals surface area contributed by atoms with Crippen LogP contribution in [0.1, 0.15) is 21.7 Å². The summed E-state index contributed by atoms with van der Waals surface area (Å²) >= 11 is 0. The minimum atomic E-state index is -0.446. The Balaban J connectivity index is 1.84. The van der Waals surface area contributed by atoms with E-state index in [4.69, 9.17) is 5.26 Å². The van der Waals surface area contributed by atoms with E-state index in [1.54, 1.807) is 37.3 Å². The molecule has 6 nitrogen and oxygen atoms in total. The van der Waals surface area contributed by atoms with Crippen LogP contribution in [0.3, 0.4) is 0 Å². The Morgan fingerprint density at radius 3 is 2.58 bits per heavy atom. The third kappa shape index (κ3) is 3.99. The first-order valence-electron chi connectivity index (χ1n) is 7.74. The second-order valence-corrected chi connectivity index (χ2v) is 5.46. The average Bonchev–Trinajstić information content (AvgIpc) is 2.63. The van der Waals surface area contributed by atoms with Gasteiger partial charge in [0.05, 0.1) is 11.3 Å². The molecule has 128 valence electrons. The van der Waals surface area contributed by atoms with Crippen molar-refractivity contribution in [2.75, 3.05) is 10.6 Å². The Kier molecular flexibility index (Phi) is 4.85. The minimum absolute atomic E-state index is 0.152. The molecule has 0 radical (unpaired) electrons. The molecular formula is C19H14FN5O. The van der Waals surface area contributed by atoms with Gasteiger partial charge in [-0.25, -0.2) is 14.4 Å². The minimum Gasteiger partial charge on any atom is -0.323 e. The van der Waals surface area contributed by atoms with Crippen molar-refractivity contribution < 1.29 is 9.18 Å². The van der Waals surface area contributed by atoms with Crippen molar-refractivity contribution in [1.29, 1.82) is 5.26 Å². The van der Waals surface area contributed by atoms with Gasteiger partial charge < -0.3 is 10.6 Å². The number of nitrogens with one attached hydrogen (secondary N) is 2. The fourth-order valence-corrected chi connectivity index (χ4v) is 2.28. The van der Waals surface area contributed by atoms with Crippen LogP contribution in [0.4, 0.5) is 21.7 Å². The predicted octanol–water partition coefficient (Wildman–Crippen LogP) is 3.79. The molecule has 0 saturated heterocycles. The highest BCUT2D eigenvalue weighted by Gasteiger charge is 2.12. The smallest absolute Gasteiger partial charge is 0.274 e. The lowest BCUT2D eigenvalue weighted by molar-refractivity contribution is 0.102. The molecule has 2 aromatic carbocycles. The molecule has 0 atom stereocenters. The monoisotopic (exact) mass is 347 g/mol. The molecule has 0 saturated carbocycles. The first kappa shape index (κ1) is 17.0. The Morgan fingerprint density at radius 1 is 1.12 bits per heavy atom. The zero-order valence-corrected chi connectivity index (χ0v) is 13.8. The van der Waals surface area contributed by atoms with E-state index in [-0.39, 0.29) is 17.5 Å². The fourth-order valence-electron chi connectivity index (χ4n) is 2.28. The van der Waals surface area contributed by atoms with Gasteiger partial charge in [-0.05, 0) is 49.4 Å². The molecule has 3 rings (SSSR count). The number of aryl methyl sites for hydroxylation is 1. The van der Waals surface area contributed by atoms with Gasteiger partial charge in [0.2, 0.25) is 5.95 Å². The van der Waals surface area contributed by atoms with Gasteiger partial charge in [-0.2, -0.15) is 5.26 Å². The van der Waals surface area contributed by atoms with E-state index in [1.807, 2.05) is 0 Å². The van der Waals surface area contributed by atoms with Crippen LogP contribution >= 0.6 is 0 Å². The van der Waals surface area contributed by atoms with E-state index >= 15 is 0 Å². The normalized spacial score (nSPS) is 10.0. The van der Waals surface area contributed by atoms with Gasteiger partial charge in [0, 0.05) is 11.4 Å². The van der Waals surface area contributed by atoms with Crippen LogP contribution < -0.4 is 10.6 Å². The van der Waals surface area contributed by atoms with Crippen molar-refractivity contribution in [3.8, 4) is 6.07 Å². The molecule has 7 heteroatoms. The van der Waals surface area contributed by atoms with Crippen LogP contribution in [0.15, 0.2) is 54.6 Å². The van der Waals surface area contributed by atoms with Crippen molar-refractivity contribution in [2.24, 2.45) is 0 Å². The lowest BCUT2D eigenvalue weighted by Crippen LogP contribution is -2.15. The van der Waals surface area contributed by atoms with E-state index in [0.717, 1.165) is 0 Å². The Morgan fingerprint density at radius 2 is 1.85 bits per heavy atom. The van der Waals surface area contributed by atoms with Crippen LogP contribution in [-0.4, -0.2) is 15.9 Å². The number of amides is 1. The van der Waals surface area contributed by atoms with Crippen molar-refractivity contribution in [1.82, 2.24) is 9.97 Å². The number of hydrogen-bond acceptors (Lipinski definition) is 5. The van der Waals surface area contributed by atoms with Gasteiger partial charge in [0.25, 0.3) is 5.91 Å². The standard InChI is InChI=1S/C19H14FN5O/c1-12-10-17(18(26)23-15-8-6-14(20)7-9-15)25-19(22-12)24-16-5-3-2-4-13(16)11-21/h2-10H,1H3,(H,23,26)(H,22,24,25). The summed E-state index contributed by atoms with van der Waals surface area (Å²) in [5, 5.41) is 14.8. The number of benzene rings is 2. The van der Waals surface area contributed by atoms with E-state index < -0.39 is 5.91 Å². The van der Waals surface area contributed by atoms with Crippen LogP contribution in [0.2, 0.25) is 0 Å². The molecule has 3 aromatic rings. The summed E-state index contributed by atoms with van der Waals surface area (Å²) in [6.45, 7) is 1.73. The predicted molar refractivity (Wildman–Crippen MR) is 95.6 cm³/mol. The summed E-state index contributed by atoms with van der Waals surface area (Å²) in [6.07, 6.45) is 0. The van der Waals surface area contributed by atoms with Gasteiger partial charge in [-0.1, -0.05) is 12.1 Å². The second-order valence-electron chi connectivity index (χ2n) is 5.46. The molecule has 0 bridgehead atoms. The number of para-hydroxylation sites is 1. The Hall–Kier alpha value is -3.79. The van der Waals surface area contributed by atoms with Gasteiger partial charge in [0.15, 0.2) is 0 Å². The second kappa shape index (κ2) is 7.40. The SMILES string of the molecule is Cc1cc(C(=O)Nc2ccc(F)cc2)nc(Nc2ccccc2C#N)n1. The number of nitriles is 1. The molecule has 0 fully saturated rings. The number of halogens is 1. The van der Waals surface area contributed by atoms with Crippen LogP contribution in [0, 0.1) is 24.1 Å². The Bertz CT molecular complexity index is 996. The number of hydrogen-bond donors (Lipinski definition) is 2. The number of carbonyl (C=O) groups excluding carboxylic acids is 1. The van der Waals surface area contributed by atoms with Crippen molar-refractivity contribution in [3.63, 3.8) is 0 Å². The number of carbonyl (C=O) groups is 1. The molecule has 0 spiro atoms. The quantitative estimate of drug-likeness (QED) is 0.749. The van der Waals surface area contributed by atoms with E-state index in [9.17, 15) is 9.18 Å². The number of anilines is 3. The van der Waals surface area contributed by atoms with E-state index in [2.05, 4.69) is 26.7 Å².